The number of aromatic amines is 1. The van der Waals surface area contributed by atoms with E-state index in [2.05, 4.69) is 20.3 Å². The molecular weight excluding hydrogens is 434 g/mol. The summed E-state index contributed by atoms with van der Waals surface area (Å²) in [5.74, 6) is -1.48. The van der Waals surface area contributed by atoms with Gasteiger partial charge in [-0.15, -0.1) is 0 Å². The van der Waals surface area contributed by atoms with Crippen LogP contribution in [0.15, 0.2) is 41.5 Å². The molecule has 1 fully saturated rings. The Morgan fingerprint density at radius 3 is 2.70 bits per heavy atom. The highest BCUT2D eigenvalue weighted by atomic mass is 16.6. The average Bonchev–Trinajstić information content (AvgIpc) is 3.35. The van der Waals surface area contributed by atoms with E-state index in [1.54, 1.807) is 44.2 Å². The number of amides is 1. The van der Waals surface area contributed by atoms with Gasteiger partial charge in [-0.05, 0) is 12.1 Å². The number of carbonyl (C=O) groups is 2. The summed E-state index contributed by atoms with van der Waals surface area (Å²) in [5, 5.41) is 23.1. The fourth-order valence-electron chi connectivity index (χ4n) is 3.44. The smallest absolute Gasteiger partial charge is 0.338 e. The van der Waals surface area contributed by atoms with E-state index in [0.717, 1.165) is 0 Å². The first-order valence-corrected chi connectivity index (χ1v) is 10.3. The van der Waals surface area contributed by atoms with Crippen molar-refractivity contribution in [3.8, 4) is 0 Å². The van der Waals surface area contributed by atoms with E-state index in [9.17, 15) is 24.6 Å². The zero-order valence-corrected chi connectivity index (χ0v) is 17.8. The summed E-state index contributed by atoms with van der Waals surface area (Å²) in [4.78, 5) is 47.6. The van der Waals surface area contributed by atoms with Crippen LogP contribution in [0.25, 0.3) is 11.2 Å². The molecule has 1 aliphatic heterocycles. The van der Waals surface area contributed by atoms with Gasteiger partial charge in [-0.25, -0.2) is 9.78 Å². The lowest BCUT2D eigenvalue weighted by atomic mass is 10.1. The molecule has 1 aromatic carbocycles. The molecule has 174 valence electrons. The molecule has 0 bridgehead atoms. The first kappa shape index (κ1) is 22.6. The summed E-state index contributed by atoms with van der Waals surface area (Å²) in [6.07, 6.45) is -3.54. The largest absolute Gasteiger partial charge is 0.453 e. The van der Waals surface area contributed by atoms with E-state index in [0.29, 0.717) is 0 Å². The van der Waals surface area contributed by atoms with E-state index < -0.39 is 42.7 Å². The standard InChI is InChI=1S/C21H23N5O7/c1-10(2)17(29)24-21-23-16-13(18(30)25-21)22-9-26(16)19-14(28)15(12(8-27)32-19)33-20(31)11-6-4-3-5-7-11/h3-7,9-10,12,14-15,19,27-28H,8H2,1-2H3,(H2,23,24,25,29,30)/t12-,14-,15-,19-/m1/s1. The molecule has 4 N–H and O–H groups in total. The quantitative estimate of drug-likeness (QED) is 0.378. The number of carbonyl (C=O) groups excluding carboxylic acids is 2. The number of aromatic nitrogens is 4. The molecular formula is C21H23N5O7. The number of nitrogens with one attached hydrogen (secondary N) is 2. The fourth-order valence-corrected chi connectivity index (χ4v) is 3.44. The van der Waals surface area contributed by atoms with Gasteiger partial charge in [0.25, 0.3) is 5.56 Å². The SMILES string of the molecule is CC(C)C(=O)Nc1nc2c(ncn2[C@@H]2O[C@H](CO)[C@@H](OC(=O)c3ccccc3)[C@H]2O)c(=O)[nH]1. The molecule has 12 heteroatoms. The number of hydrogen-bond donors (Lipinski definition) is 4. The molecule has 1 saturated heterocycles. The minimum atomic E-state index is -1.40. The lowest BCUT2D eigenvalue weighted by Gasteiger charge is -2.20. The van der Waals surface area contributed by atoms with Crippen LogP contribution in [-0.2, 0) is 14.3 Å². The van der Waals surface area contributed by atoms with Gasteiger partial charge >= 0.3 is 5.97 Å². The summed E-state index contributed by atoms with van der Waals surface area (Å²) in [5.41, 5.74) is -0.333. The number of rotatable bonds is 6. The van der Waals surface area contributed by atoms with Gasteiger partial charge in [0.15, 0.2) is 23.5 Å². The van der Waals surface area contributed by atoms with Crippen molar-refractivity contribution < 1.29 is 29.3 Å². The topological polar surface area (TPSA) is 169 Å². The van der Waals surface area contributed by atoms with Crippen LogP contribution in [0.2, 0.25) is 0 Å². The first-order chi connectivity index (χ1) is 15.8. The van der Waals surface area contributed by atoms with Crippen LogP contribution in [0.4, 0.5) is 5.95 Å². The number of hydrogen-bond acceptors (Lipinski definition) is 9. The van der Waals surface area contributed by atoms with E-state index in [1.807, 2.05) is 0 Å². The van der Waals surface area contributed by atoms with Crippen molar-refractivity contribution >= 4 is 29.0 Å². The van der Waals surface area contributed by atoms with Crippen molar-refractivity contribution in [3.63, 3.8) is 0 Å². The Labute approximate surface area is 187 Å². The molecule has 3 aromatic rings. The monoisotopic (exact) mass is 457 g/mol. The highest BCUT2D eigenvalue weighted by Gasteiger charge is 2.47. The number of fused-ring (bicyclic) bond motifs is 1. The third-order valence-electron chi connectivity index (χ3n) is 5.21. The van der Waals surface area contributed by atoms with Crippen LogP contribution in [-0.4, -0.2) is 66.5 Å². The number of nitrogens with zero attached hydrogens (tertiary/aromatic N) is 3. The molecule has 1 amide bonds. The number of aliphatic hydroxyl groups excluding tert-OH is 2. The van der Waals surface area contributed by atoms with Crippen molar-refractivity contribution in [2.45, 2.75) is 38.4 Å². The van der Waals surface area contributed by atoms with Gasteiger partial charge in [-0.3, -0.25) is 24.5 Å². The Kier molecular flexibility index (Phi) is 6.22. The predicted octanol–water partition coefficient (Wildman–Crippen LogP) is 0.190. The number of H-pyrrole nitrogens is 1. The van der Waals surface area contributed by atoms with Crippen LogP contribution >= 0.6 is 0 Å². The molecule has 2 aromatic heterocycles. The van der Waals surface area contributed by atoms with Crippen LogP contribution in [0, 0.1) is 5.92 Å². The molecule has 0 aliphatic carbocycles. The normalized spacial score (nSPS) is 22.6. The molecule has 4 rings (SSSR count). The molecule has 33 heavy (non-hydrogen) atoms. The Morgan fingerprint density at radius 1 is 1.30 bits per heavy atom. The Morgan fingerprint density at radius 2 is 2.03 bits per heavy atom. The van der Waals surface area contributed by atoms with Crippen LogP contribution in [0.1, 0.15) is 30.4 Å². The second-order valence-electron chi connectivity index (χ2n) is 7.86. The van der Waals surface area contributed by atoms with Gasteiger partial charge in [0.05, 0.1) is 18.5 Å². The summed E-state index contributed by atoms with van der Waals surface area (Å²) in [7, 11) is 0. The van der Waals surface area contributed by atoms with Crippen molar-refractivity contribution in [3.05, 3.63) is 52.6 Å². The van der Waals surface area contributed by atoms with E-state index >= 15 is 0 Å². The third kappa shape index (κ3) is 4.35. The molecule has 0 spiro atoms. The number of benzene rings is 1. The number of imidazole rings is 1. The minimum absolute atomic E-state index is 0.0357. The molecule has 0 radical (unpaired) electrons. The van der Waals surface area contributed by atoms with Gasteiger partial charge in [0, 0.05) is 5.92 Å². The zero-order chi connectivity index (χ0) is 23.7. The first-order valence-electron chi connectivity index (χ1n) is 10.3. The minimum Gasteiger partial charge on any atom is -0.453 e. The van der Waals surface area contributed by atoms with Gasteiger partial charge in [-0.2, -0.15) is 4.98 Å². The van der Waals surface area contributed by atoms with E-state index in [-0.39, 0.29) is 34.5 Å². The number of aliphatic hydroxyl groups is 2. The maximum absolute atomic E-state index is 12.5. The number of ether oxygens (including phenoxy) is 2. The molecule has 3 heterocycles. The lowest BCUT2D eigenvalue weighted by molar-refractivity contribution is -0.118. The molecule has 4 atom stereocenters. The maximum atomic E-state index is 12.5. The number of anilines is 1. The van der Waals surface area contributed by atoms with Gasteiger partial charge < -0.3 is 19.7 Å². The predicted molar refractivity (Wildman–Crippen MR) is 114 cm³/mol. The summed E-state index contributed by atoms with van der Waals surface area (Å²) < 4.78 is 12.4. The zero-order valence-electron chi connectivity index (χ0n) is 17.8. The highest BCUT2D eigenvalue weighted by molar-refractivity contribution is 5.91. The average molecular weight is 457 g/mol. The second-order valence-corrected chi connectivity index (χ2v) is 7.86. The summed E-state index contributed by atoms with van der Waals surface area (Å²) >= 11 is 0. The summed E-state index contributed by atoms with van der Waals surface area (Å²) in [6, 6.07) is 8.19. The molecule has 12 nitrogen and oxygen atoms in total. The third-order valence-corrected chi connectivity index (χ3v) is 5.21. The van der Waals surface area contributed by atoms with Crippen molar-refractivity contribution in [2.24, 2.45) is 5.92 Å². The second kappa shape index (κ2) is 9.10. The Balaban J connectivity index is 1.63. The van der Waals surface area contributed by atoms with Gasteiger partial charge in [0.2, 0.25) is 11.9 Å². The number of esters is 1. The fraction of sp³-hybridized carbons (Fsp3) is 0.381. The van der Waals surface area contributed by atoms with Gasteiger partial charge in [0.1, 0.15) is 12.2 Å². The van der Waals surface area contributed by atoms with Crippen molar-refractivity contribution in [1.29, 1.82) is 0 Å². The summed E-state index contributed by atoms with van der Waals surface area (Å²) in [6.45, 7) is 2.84. The highest BCUT2D eigenvalue weighted by Crippen LogP contribution is 2.33. The Hall–Kier alpha value is -3.61. The lowest BCUT2D eigenvalue weighted by Crippen LogP contribution is -2.38. The van der Waals surface area contributed by atoms with Crippen LogP contribution < -0.4 is 10.9 Å². The molecule has 1 aliphatic rings. The van der Waals surface area contributed by atoms with Crippen LogP contribution in [0.5, 0.6) is 0 Å². The maximum Gasteiger partial charge on any atom is 0.338 e. The van der Waals surface area contributed by atoms with Crippen molar-refractivity contribution in [2.75, 3.05) is 11.9 Å². The van der Waals surface area contributed by atoms with Crippen LogP contribution in [0.3, 0.4) is 0 Å². The van der Waals surface area contributed by atoms with E-state index in [1.165, 1.54) is 10.9 Å². The molecule has 0 unspecified atom stereocenters. The van der Waals surface area contributed by atoms with Crippen molar-refractivity contribution in [1.82, 2.24) is 19.5 Å². The van der Waals surface area contributed by atoms with Gasteiger partial charge in [-0.1, -0.05) is 32.0 Å². The Bertz CT molecular complexity index is 1220. The van der Waals surface area contributed by atoms with E-state index in [4.69, 9.17) is 9.47 Å². The molecule has 0 saturated carbocycles.